The van der Waals surface area contributed by atoms with Gasteiger partial charge < -0.3 is 0 Å². The highest BCUT2D eigenvalue weighted by molar-refractivity contribution is 5.25. The summed E-state index contributed by atoms with van der Waals surface area (Å²) in [6.07, 6.45) is -0.291. The summed E-state index contributed by atoms with van der Waals surface area (Å²) in [6, 6.07) is 0. The van der Waals surface area contributed by atoms with Gasteiger partial charge in [-0.05, 0) is 11.5 Å². The van der Waals surface area contributed by atoms with Crippen molar-refractivity contribution in [3.63, 3.8) is 0 Å². The van der Waals surface area contributed by atoms with E-state index in [-0.39, 0.29) is 5.57 Å². The number of alkyl halides is 3. The van der Waals surface area contributed by atoms with Crippen molar-refractivity contribution in [1.82, 2.24) is 0 Å². The van der Waals surface area contributed by atoms with Crippen LogP contribution in [0.15, 0.2) is 37.0 Å². The predicted molar refractivity (Wildman–Crippen MR) is 52.9 cm³/mol. The standard InChI is InChI=1S/C11H15F3/c1-5-7-9(6-2)10(8(3)4)11(12,13)14/h5-8,10H,1-2H2,3-4H3/b9-7+. The van der Waals surface area contributed by atoms with Gasteiger partial charge >= 0.3 is 6.18 Å². The summed E-state index contributed by atoms with van der Waals surface area (Å²) in [7, 11) is 0. The first kappa shape index (κ1) is 13.0. The smallest absolute Gasteiger partial charge is 0.170 e. The van der Waals surface area contributed by atoms with Gasteiger partial charge in [-0.25, -0.2) is 0 Å². The number of hydrogen-bond acceptors (Lipinski definition) is 0. The van der Waals surface area contributed by atoms with Gasteiger partial charge in [0.2, 0.25) is 0 Å². The van der Waals surface area contributed by atoms with Crippen molar-refractivity contribution in [2.75, 3.05) is 0 Å². The van der Waals surface area contributed by atoms with Gasteiger partial charge in [0.05, 0.1) is 5.92 Å². The summed E-state index contributed by atoms with van der Waals surface area (Å²) in [6.45, 7) is 9.84. The number of halogens is 3. The fraction of sp³-hybridized carbons (Fsp3) is 0.455. The third kappa shape index (κ3) is 3.40. The summed E-state index contributed by atoms with van der Waals surface area (Å²) in [4.78, 5) is 0. The van der Waals surface area contributed by atoms with Crippen molar-refractivity contribution >= 4 is 0 Å². The average Bonchev–Trinajstić information content (AvgIpc) is 2.00. The van der Waals surface area contributed by atoms with Crippen molar-refractivity contribution in [3.8, 4) is 0 Å². The molecule has 0 aliphatic carbocycles. The average molecular weight is 204 g/mol. The molecule has 0 heterocycles. The summed E-state index contributed by atoms with van der Waals surface area (Å²) in [5.41, 5.74) is 0.169. The molecular formula is C11H15F3. The fourth-order valence-electron chi connectivity index (χ4n) is 1.39. The van der Waals surface area contributed by atoms with E-state index in [1.165, 1.54) is 18.2 Å². The highest BCUT2D eigenvalue weighted by Crippen LogP contribution is 2.37. The molecule has 0 saturated carbocycles. The Hall–Kier alpha value is -0.990. The van der Waals surface area contributed by atoms with Crippen molar-refractivity contribution in [2.45, 2.75) is 20.0 Å². The molecule has 0 spiro atoms. The molecule has 0 bridgehead atoms. The highest BCUT2D eigenvalue weighted by Gasteiger charge is 2.42. The minimum atomic E-state index is -4.22. The summed E-state index contributed by atoms with van der Waals surface area (Å²) >= 11 is 0. The first-order valence-electron chi connectivity index (χ1n) is 4.36. The molecule has 80 valence electrons. The lowest BCUT2D eigenvalue weighted by atomic mass is 9.87. The van der Waals surface area contributed by atoms with Gasteiger partial charge in [-0.1, -0.05) is 45.2 Å². The number of rotatable bonds is 4. The van der Waals surface area contributed by atoms with Crippen molar-refractivity contribution in [2.24, 2.45) is 11.8 Å². The van der Waals surface area contributed by atoms with E-state index in [1.807, 2.05) is 0 Å². The van der Waals surface area contributed by atoms with Crippen LogP contribution < -0.4 is 0 Å². The Balaban J connectivity index is 5.09. The lowest BCUT2D eigenvalue weighted by Crippen LogP contribution is -2.28. The topological polar surface area (TPSA) is 0 Å². The van der Waals surface area contributed by atoms with E-state index >= 15 is 0 Å². The summed E-state index contributed by atoms with van der Waals surface area (Å²) in [5, 5.41) is 0. The first-order valence-corrected chi connectivity index (χ1v) is 4.36. The SMILES string of the molecule is C=C/C=C(\C=C)C(C(C)C)C(F)(F)F. The van der Waals surface area contributed by atoms with Crippen LogP contribution in [0.5, 0.6) is 0 Å². The van der Waals surface area contributed by atoms with Crippen LogP contribution in [0.3, 0.4) is 0 Å². The number of hydrogen-bond donors (Lipinski definition) is 0. The molecule has 0 aromatic heterocycles. The van der Waals surface area contributed by atoms with Crippen molar-refractivity contribution in [3.05, 3.63) is 37.0 Å². The Morgan fingerprint density at radius 2 is 1.71 bits per heavy atom. The van der Waals surface area contributed by atoms with Gasteiger partial charge in [-0.15, -0.1) is 0 Å². The molecule has 0 saturated heterocycles. The Kier molecular flexibility index (Phi) is 4.68. The molecule has 3 heteroatoms. The quantitative estimate of drug-likeness (QED) is 0.604. The second-order valence-corrected chi connectivity index (χ2v) is 3.37. The maximum Gasteiger partial charge on any atom is 0.395 e. The third-order valence-electron chi connectivity index (χ3n) is 1.92. The molecule has 1 atom stereocenters. The first-order chi connectivity index (χ1) is 6.34. The molecule has 0 N–H and O–H groups in total. The van der Waals surface area contributed by atoms with Crippen LogP contribution in [-0.4, -0.2) is 6.18 Å². The van der Waals surface area contributed by atoms with Gasteiger partial charge in [0.15, 0.2) is 0 Å². The largest absolute Gasteiger partial charge is 0.395 e. The molecule has 1 unspecified atom stereocenters. The van der Waals surface area contributed by atoms with E-state index in [0.29, 0.717) is 0 Å². The molecule has 0 aliphatic rings. The molecule has 0 aliphatic heterocycles. The molecule has 0 radical (unpaired) electrons. The Labute approximate surface area is 82.8 Å². The fourth-order valence-corrected chi connectivity index (χ4v) is 1.39. The van der Waals surface area contributed by atoms with E-state index < -0.39 is 18.0 Å². The lowest BCUT2D eigenvalue weighted by molar-refractivity contribution is -0.173. The van der Waals surface area contributed by atoms with E-state index in [4.69, 9.17) is 0 Å². The van der Waals surface area contributed by atoms with Gasteiger partial charge in [0.25, 0.3) is 0 Å². The maximum atomic E-state index is 12.6. The van der Waals surface area contributed by atoms with Gasteiger partial charge in [0.1, 0.15) is 0 Å². The van der Waals surface area contributed by atoms with E-state index in [2.05, 4.69) is 13.2 Å². The number of allylic oxidation sites excluding steroid dienone is 4. The minimum absolute atomic E-state index is 0.169. The second kappa shape index (κ2) is 5.03. The van der Waals surface area contributed by atoms with Crippen molar-refractivity contribution in [1.29, 1.82) is 0 Å². The monoisotopic (exact) mass is 204 g/mol. The van der Waals surface area contributed by atoms with Crippen LogP contribution in [0.4, 0.5) is 13.2 Å². The Morgan fingerprint density at radius 1 is 1.21 bits per heavy atom. The maximum absolute atomic E-state index is 12.6. The molecule has 14 heavy (non-hydrogen) atoms. The van der Waals surface area contributed by atoms with Crippen molar-refractivity contribution < 1.29 is 13.2 Å². The van der Waals surface area contributed by atoms with Crippen LogP contribution >= 0.6 is 0 Å². The molecule has 0 fully saturated rings. The molecule has 0 nitrogen and oxygen atoms in total. The highest BCUT2D eigenvalue weighted by atomic mass is 19.4. The lowest BCUT2D eigenvalue weighted by Gasteiger charge is -2.24. The molecule has 0 amide bonds. The minimum Gasteiger partial charge on any atom is -0.170 e. The van der Waals surface area contributed by atoms with Gasteiger partial charge in [0, 0.05) is 0 Å². The molecular weight excluding hydrogens is 189 g/mol. The van der Waals surface area contributed by atoms with Crippen LogP contribution in [-0.2, 0) is 0 Å². The Bertz CT molecular complexity index is 233. The summed E-state index contributed by atoms with van der Waals surface area (Å²) < 4.78 is 37.8. The molecule has 0 rings (SSSR count). The zero-order valence-electron chi connectivity index (χ0n) is 8.43. The van der Waals surface area contributed by atoms with Crippen LogP contribution in [0.25, 0.3) is 0 Å². The summed E-state index contributed by atoms with van der Waals surface area (Å²) in [5.74, 6) is -1.96. The molecule has 0 aromatic carbocycles. The molecule has 0 aromatic rings. The zero-order valence-corrected chi connectivity index (χ0v) is 8.43. The zero-order chi connectivity index (χ0) is 11.4. The van der Waals surface area contributed by atoms with E-state index in [9.17, 15) is 13.2 Å². The predicted octanol–water partition coefficient (Wildman–Crippen LogP) is 4.12. The van der Waals surface area contributed by atoms with E-state index in [1.54, 1.807) is 13.8 Å². The Morgan fingerprint density at radius 3 is 1.93 bits per heavy atom. The normalized spacial score (nSPS) is 15.4. The van der Waals surface area contributed by atoms with Crippen LogP contribution in [0.1, 0.15) is 13.8 Å². The third-order valence-corrected chi connectivity index (χ3v) is 1.92. The van der Waals surface area contributed by atoms with Gasteiger partial charge in [-0.3, -0.25) is 0 Å². The second-order valence-electron chi connectivity index (χ2n) is 3.37. The van der Waals surface area contributed by atoms with E-state index in [0.717, 1.165) is 0 Å². The van der Waals surface area contributed by atoms with Gasteiger partial charge in [-0.2, -0.15) is 13.2 Å². The van der Waals surface area contributed by atoms with Crippen LogP contribution in [0.2, 0.25) is 0 Å². The van der Waals surface area contributed by atoms with Crippen LogP contribution in [0, 0.1) is 11.8 Å².